The fraction of sp³-hybridized carbons (Fsp3) is 0.333. The Balaban J connectivity index is 1.31. The van der Waals surface area contributed by atoms with Gasteiger partial charge in [0.2, 0.25) is 10.0 Å². The topological polar surface area (TPSA) is 133 Å². The summed E-state index contributed by atoms with van der Waals surface area (Å²) in [6.45, 7) is 1.67. The van der Waals surface area contributed by atoms with Crippen molar-refractivity contribution in [3.05, 3.63) is 90.4 Å². The van der Waals surface area contributed by atoms with E-state index in [4.69, 9.17) is 23.2 Å². The quantitative estimate of drug-likeness (QED) is 0.228. The largest absolute Gasteiger partial charge is 0.416 e. The zero-order valence-electron chi connectivity index (χ0n) is 23.3. The van der Waals surface area contributed by atoms with Crippen LogP contribution in [0.1, 0.15) is 5.56 Å². The van der Waals surface area contributed by atoms with Crippen LogP contribution in [0.25, 0.3) is 0 Å². The van der Waals surface area contributed by atoms with Crippen LogP contribution in [0, 0.1) is 20.2 Å². The van der Waals surface area contributed by atoms with Gasteiger partial charge in [0, 0.05) is 70.2 Å². The van der Waals surface area contributed by atoms with Gasteiger partial charge in [-0.15, -0.1) is 0 Å². The first-order chi connectivity index (χ1) is 21.2. The fourth-order valence-corrected chi connectivity index (χ4v) is 7.20. The van der Waals surface area contributed by atoms with Gasteiger partial charge in [0.1, 0.15) is 11.4 Å². The highest BCUT2D eigenvalue weighted by Crippen LogP contribution is 2.38. The first kappa shape index (κ1) is 32.5. The lowest BCUT2D eigenvalue weighted by molar-refractivity contribution is -0.384. The van der Waals surface area contributed by atoms with Crippen LogP contribution in [-0.2, 0) is 16.2 Å². The zero-order valence-corrected chi connectivity index (χ0v) is 25.6. The Labute approximate surface area is 265 Å². The van der Waals surface area contributed by atoms with Gasteiger partial charge >= 0.3 is 6.18 Å². The van der Waals surface area contributed by atoms with Crippen LogP contribution in [0.5, 0.6) is 0 Å². The van der Waals surface area contributed by atoms with Gasteiger partial charge in [-0.2, -0.15) is 17.5 Å². The van der Waals surface area contributed by atoms with Crippen LogP contribution in [0.3, 0.4) is 0 Å². The second kappa shape index (κ2) is 12.5. The van der Waals surface area contributed by atoms with Crippen molar-refractivity contribution < 1.29 is 31.4 Å². The van der Waals surface area contributed by atoms with Crippen LogP contribution in [0.2, 0.25) is 10.0 Å². The number of alkyl halides is 3. The number of hydrogen-bond donors (Lipinski definition) is 0. The van der Waals surface area contributed by atoms with E-state index >= 15 is 0 Å². The fourth-order valence-electron chi connectivity index (χ4n) is 5.39. The van der Waals surface area contributed by atoms with Crippen LogP contribution >= 0.6 is 23.2 Å². The number of nitrogens with zero attached hydrogens (tertiary/aromatic N) is 6. The lowest BCUT2D eigenvalue weighted by atomic mass is 10.1. The standard InChI is InChI=1S/C27H25Cl2F3N6O6S/c28-21-4-3-20(17-22(21)29)45(43,44)36-13-11-33(12-14-36)19-2-6-24(37(39)40)25(16-19)35-9-7-34(8-10-35)23-5-1-18(27(30,31)32)15-26(23)38(41)42/h1-6,15-17H,7-14H2. The molecule has 3 aromatic carbocycles. The maximum Gasteiger partial charge on any atom is 0.416 e. The van der Waals surface area contributed by atoms with Crippen molar-refractivity contribution in [2.45, 2.75) is 11.1 Å². The number of hydrogen-bond acceptors (Lipinski definition) is 9. The molecule has 0 atom stereocenters. The van der Waals surface area contributed by atoms with Crippen LogP contribution in [0.15, 0.2) is 59.5 Å². The smallest absolute Gasteiger partial charge is 0.369 e. The van der Waals surface area contributed by atoms with E-state index in [-0.39, 0.29) is 65.6 Å². The molecule has 18 heteroatoms. The molecule has 0 aromatic heterocycles. The number of anilines is 3. The molecule has 0 amide bonds. The minimum Gasteiger partial charge on any atom is -0.369 e. The minimum atomic E-state index is -4.74. The number of piperazine rings is 2. The first-order valence-corrected chi connectivity index (χ1v) is 15.7. The molecule has 0 N–H and O–H groups in total. The summed E-state index contributed by atoms with van der Waals surface area (Å²) in [4.78, 5) is 27.4. The Bertz CT molecular complexity index is 1750. The lowest BCUT2D eigenvalue weighted by Crippen LogP contribution is -2.49. The number of nitro groups is 2. The Hall–Kier alpha value is -3.86. The molecule has 0 spiro atoms. The Kier molecular flexibility index (Phi) is 9.04. The molecule has 0 unspecified atom stereocenters. The molecule has 0 radical (unpaired) electrons. The Morgan fingerprint density at radius 1 is 0.667 bits per heavy atom. The average Bonchev–Trinajstić information content (AvgIpc) is 3.01. The molecule has 45 heavy (non-hydrogen) atoms. The highest BCUT2D eigenvalue weighted by molar-refractivity contribution is 7.89. The minimum absolute atomic E-state index is 0.0174. The predicted molar refractivity (Wildman–Crippen MR) is 163 cm³/mol. The first-order valence-electron chi connectivity index (χ1n) is 13.5. The third-order valence-electron chi connectivity index (χ3n) is 7.75. The molecular formula is C27H25Cl2F3N6O6S. The van der Waals surface area contributed by atoms with E-state index < -0.39 is 37.3 Å². The Morgan fingerprint density at radius 3 is 1.80 bits per heavy atom. The second-order valence-corrected chi connectivity index (χ2v) is 13.1. The van der Waals surface area contributed by atoms with Gasteiger partial charge in [-0.1, -0.05) is 23.2 Å². The molecule has 2 fully saturated rings. The molecule has 2 aliphatic heterocycles. The summed E-state index contributed by atoms with van der Waals surface area (Å²) in [6.07, 6.45) is -4.74. The molecule has 2 saturated heterocycles. The van der Waals surface area contributed by atoms with Crippen molar-refractivity contribution in [1.29, 1.82) is 0 Å². The van der Waals surface area contributed by atoms with Gasteiger partial charge in [0.15, 0.2) is 0 Å². The molecule has 3 aromatic rings. The molecule has 2 heterocycles. The second-order valence-electron chi connectivity index (χ2n) is 10.3. The van der Waals surface area contributed by atoms with Gasteiger partial charge in [-0.25, -0.2) is 8.42 Å². The van der Waals surface area contributed by atoms with E-state index in [1.165, 1.54) is 28.6 Å². The van der Waals surface area contributed by atoms with Gasteiger partial charge in [0.25, 0.3) is 11.4 Å². The highest BCUT2D eigenvalue weighted by atomic mass is 35.5. The third kappa shape index (κ3) is 6.73. The number of sulfonamides is 1. The normalized spacial score (nSPS) is 16.6. The molecular weight excluding hydrogens is 664 g/mol. The van der Waals surface area contributed by atoms with Gasteiger partial charge < -0.3 is 14.7 Å². The van der Waals surface area contributed by atoms with Crippen molar-refractivity contribution in [3.63, 3.8) is 0 Å². The monoisotopic (exact) mass is 688 g/mol. The van der Waals surface area contributed by atoms with Crippen LogP contribution < -0.4 is 14.7 Å². The highest BCUT2D eigenvalue weighted by Gasteiger charge is 2.35. The van der Waals surface area contributed by atoms with Gasteiger partial charge in [-0.3, -0.25) is 20.2 Å². The van der Waals surface area contributed by atoms with Crippen molar-refractivity contribution in [3.8, 4) is 0 Å². The Morgan fingerprint density at radius 2 is 1.24 bits per heavy atom. The van der Waals surface area contributed by atoms with Crippen LogP contribution in [-0.4, -0.2) is 74.9 Å². The van der Waals surface area contributed by atoms with Crippen molar-refractivity contribution in [2.75, 3.05) is 67.1 Å². The van der Waals surface area contributed by atoms with E-state index in [9.17, 15) is 41.8 Å². The summed E-state index contributed by atoms with van der Waals surface area (Å²) < 4.78 is 67.1. The number of rotatable bonds is 7. The van der Waals surface area contributed by atoms with Crippen molar-refractivity contribution in [2.24, 2.45) is 0 Å². The molecule has 240 valence electrons. The summed E-state index contributed by atoms with van der Waals surface area (Å²) in [7, 11) is -3.83. The predicted octanol–water partition coefficient (Wildman–Crippen LogP) is 5.67. The van der Waals surface area contributed by atoms with E-state index in [1.54, 1.807) is 21.9 Å². The molecule has 0 aliphatic carbocycles. The molecule has 5 rings (SSSR count). The molecule has 12 nitrogen and oxygen atoms in total. The van der Waals surface area contributed by atoms with Gasteiger partial charge in [0.05, 0.1) is 30.4 Å². The summed E-state index contributed by atoms with van der Waals surface area (Å²) in [6, 6.07) is 11.1. The maximum atomic E-state index is 13.2. The molecule has 2 aliphatic rings. The van der Waals surface area contributed by atoms with E-state index in [0.29, 0.717) is 30.5 Å². The average molecular weight is 690 g/mol. The zero-order chi connectivity index (χ0) is 32.7. The van der Waals surface area contributed by atoms with Crippen molar-refractivity contribution >= 4 is 61.7 Å². The van der Waals surface area contributed by atoms with Crippen LogP contribution in [0.4, 0.5) is 41.6 Å². The lowest BCUT2D eigenvalue weighted by Gasteiger charge is -2.38. The summed E-state index contributed by atoms with van der Waals surface area (Å²) in [5.41, 5.74) is -0.977. The summed E-state index contributed by atoms with van der Waals surface area (Å²) >= 11 is 11.9. The number of halogens is 5. The van der Waals surface area contributed by atoms with E-state index in [1.807, 2.05) is 4.90 Å². The maximum absolute atomic E-state index is 13.2. The summed E-state index contributed by atoms with van der Waals surface area (Å²) in [5.74, 6) is 0. The molecule has 0 saturated carbocycles. The number of benzene rings is 3. The summed E-state index contributed by atoms with van der Waals surface area (Å²) in [5, 5.41) is 23.8. The van der Waals surface area contributed by atoms with E-state index in [0.717, 1.165) is 12.1 Å². The SMILES string of the molecule is O=[N+]([O-])c1ccc(N2CCN(S(=O)(=O)c3ccc(Cl)c(Cl)c3)CC2)cc1N1CCN(c2ccc(C(F)(F)F)cc2[N+](=O)[O-])CC1. The molecule has 0 bridgehead atoms. The third-order valence-corrected chi connectivity index (χ3v) is 10.4. The van der Waals surface area contributed by atoms with Crippen molar-refractivity contribution in [1.82, 2.24) is 4.31 Å². The van der Waals surface area contributed by atoms with Gasteiger partial charge in [-0.05, 0) is 42.5 Å². The number of nitro benzene ring substituents is 2. The van der Waals surface area contributed by atoms with E-state index in [2.05, 4.69) is 0 Å².